The number of urea groups is 1. The molecule has 0 atom stereocenters. The molecule has 1 aromatic rings. The van der Waals surface area contributed by atoms with E-state index in [1.165, 1.54) is 14.2 Å². The van der Waals surface area contributed by atoms with Crippen LogP contribution in [-0.4, -0.2) is 50.2 Å². The number of methoxy groups -OCH3 is 2. The number of esters is 1. The van der Waals surface area contributed by atoms with Crippen molar-refractivity contribution in [1.82, 2.24) is 10.2 Å². The molecule has 0 aromatic heterocycles. The average molecular weight is 376 g/mol. The van der Waals surface area contributed by atoms with E-state index in [9.17, 15) is 14.4 Å². The molecule has 2 rings (SSSR count). The number of nitrogens with zero attached hydrogens (tertiary/aromatic N) is 1. The maximum absolute atomic E-state index is 12.4. The third-order valence-electron chi connectivity index (χ3n) is 3.98. The highest BCUT2D eigenvalue weighted by atomic mass is 16.5. The highest BCUT2D eigenvalue weighted by Gasteiger charge is 2.33. The van der Waals surface area contributed by atoms with Gasteiger partial charge in [0.05, 0.1) is 27.2 Å². The summed E-state index contributed by atoms with van der Waals surface area (Å²) in [5.74, 6) is 0.178. The van der Waals surface area contributed by atoms with E-state index in [0.29, 0.717) is 23.7 Å². The molecular weight excluding hydrogens is 352 g/mol. The van der Waals surface area contributed by atoms with Crippen molar-refractivity contribution < 1.29 is 28.6 Å². The minimum absolute atomic E-state index is 0.0395. The van der Waals surface area contributed by atoms with Gasteiger partial charge < -0.3 is 19.5 Å². The number of hydrogen-bond acceptors (Lipinski definition) is 6. The van der Waals surface area contributed by atoms with Crippen LogP contribution in [0.15, 0.2) is 23.9 Å². The van der Waals surface area contributed by atoms with Gasteiger partial charge in [0, 0.05) is 6.54 Å². The van der Waals surface area contributed by atoms with Crippen molar-refractivity contribution in [2.45, 2.75) is 26.2 Å². The fourth-order valence-corrected chi connectivity index (χ4v) is 2.47. The van der Waals surface area contributed by atoms with Crippen LogP contribution in [0.5, 0.6) is 11.5 Å². The monoisotopic (exact) mass is 376 g/mol. The second-order valence-electron chi connectivity index (χ2n) is 5.88. The van der Waals surface area contributed by atoms with Crippen LogP contribution in [0.4, 0.5) is 4.79 Å². The van der Waals surface area contributed by atoms with E-state index in [0.717, 1.165) is 17.7 Å². The van der Waals surface area contributed by atoms with Crippen molar-refractivity contribution in [3.63, 3.8) is 0 Å². The fraction of sp³-hybridized carbons (Fsp3) is 0.421. The Morgan fingerprint density at radius 3 is 2.67 bits per heavy atom. The third kappa shape index (κ3) is 5.22. The Kier molecular flexibility index (Phi) is 7.22. The summed E-state index contributed by atoms with van der Waals surface area (Å²) in [6.45, 7) is 2.64. The van der Waals surface area contributed by atoms with Crippen LogP contribution >= 0.6 is 0 Å². The number of hydrogen-bond donors (Lipinski definition) is 1. The fourth-order valence-electron chi connectivity index (χ4n) is 2.47. The van der Waals surface area contributed by atoms with Gasteiger partial charge in [-0.2, -0.15) is 0 Å². The van der Waals surface area contributed by atoms with Gasteiger partial charge in [-0.1, -0.05) is 19.4 Å². The summed E-state index contributed by atoms with van der Waals surface area (Å²) in [5, 5.41) is 2.51. The van der Waals surface area contributed by atoms with Crippen LogP contribution in [0.3, 0.4) is 0 Å². The van der Waals surface area contributed by atoms with Crippen LogP contribution in [0.2, 0.25) is 0 Å². The second-order valence-corrected chi connectivity index (χ2v) is 5.88. The van der Waals surface area contributed by atoms with Crippen molar-refractivity contribution in [3.8, 4) is 11.5 Å². The number of amides is 3. The molecule has 1 aliphatic rings. The van der Waals surface area contributed by atoms with Gasteiger partial charge in [0.1, 0.15) is 5.70 Å². The summed E-state index contributed by atoms with van der Waals surface area (Å²) < 4.78 is 15.5. The molecule has 146 valence electrons. The van der Waals surface area contributed by atoms with Gasteiger partial charge in [-0.15, -0.1) is 0 Å². The molecule has 0 bridgehead atoms. The van der Waals surface area contributed by atoms with Gasteiger partial charge in [-0.05, 0) is 30.2 Å². The first kappa shape index (κ1) is 20.3. The first-order valence-electron chi connectivity index (χ1n) is 8.72. The van der Waals surface area contributed by atoms with Gasteiger partial charge in [-0.3, -0.25) is 14.5 Å². The average Bonchev–Trinajstić information content (AvgIpc) is 2.93. The lowest BCUT2D eigenvalue weighted by atomic mass is 10.1. The molecule has 8 heteroatoms. The topological polar surface area (TPSA) is 94.2 Å². The summed E-state index contributed by atoms with van der Waals surface area (Å²) in [6, 6.07) is 4.69. The molecule has 1 aromatic carbocycles. The minimum atomic E-state index is -0.568. The van der Waals surface area contributed by atoms with E-state index in [1.807, 2.05) is 0 Å². The second kappa shape index (κ2) is 9.61. The number of imide groups is 1. The maximum Gasteiger partial charge on any atom is 0.329 e. The normalized spacial score (nSPS) is 15.1. The predicted octanol–water partition coefficient (Wildman–Crippen LogP) is 2.33. The standard InChI is InChI=1S/C19H24N2O6/c1-4-5-10-27-15-7-6-13(12-16(15)25-2)11-14-18(23)21(19(24)20-14)9-8-17(22)26-3/h6-7,11-12H,4-5,8-10H2,1-3H3,(H,20,24). The van der Waals surface area contributed by atoms with Gasteiger partial charge in [0.2, 0.25) is 0 Å². The Morgan fingerprint density at radius 1 is 1.22 bits per heavy atom. The number of unbranched alkanes of at least 4 members (excludes halogenated alkanes) is 1. The molecule has 1 saturated heterocycles. The van der Waals surface area contributed by atoms with E-state index in [1.54, 1.807) is 24.3 Å². The summed E-state index contributed by atoms with van der Waals surface area (Å²) in [5.41, 5.74) is 0.805. The Balaban J connectivity index is 2.12. The van der Waals surface area contributed by atoms with Crippen LogP contribution in [-0.2, 0) is 14.3 Å². The molecular formula is C19H24N2O6. The maximum atomic E-state index is 12.4. The van der Waals surface area contributed by atoms with Crippen molar-refractivity contribution in [3.05, 3.63) is 29.5 Å². The van der Waals surface area contributed by atoms with E-state index in [-0.39, 0.29) is 18.7 Å². The van der Waals surface area contributed by atoms with Gasteiger partial charge in [-0.25, -0.2) is 4.79 Å². The van der Waals surface area contributed by atoms with E-state index in [4.69, 9.17) is 9.47 Å². The highest BCUT2D eigenvalue weighted by Crippen LogP contribution is 2.29. The van der Waals surface area contributed by atoms with Gasteiger partial charge in [0.25, 0.3) is 5.91 Å². The lowest BCUT2D eigenvalue weighted by molar-refractivity contribution is -0.141. The largest absolute Gasteiger partial charge is 0.493 e. The SMILES string of the molecule is CCCCOc1ccc(C=C2NC(=O)N(CCC(=O)OC)C2=O)cc1OC. The van der Waals surface area contributed by atoms with Crippen LogP contribution in [0, 0.1) is 0 Å². The summed E-state index contributed by atoms with van der Waals surface area (Å²) in [4.78, 5) is 36.5. The lowest BCUT2D eigenvalue weighted by Gasteiger charge is -2.11. The van der Waals surface area contributed by atoms with Crippen molar-refractivity contribution in [1.29, 1.82) is 0 Å². The Morgan fingerprint density at radius 2 is 2.00 bits per heavy atom. The smallest absolute Gasteiger partial charge is 0.329 e. The Bertz CT molecular complexity index is 744. The van der Waals surface area contributed by atoms with Crippen molar-refractivity contribution >= 4 is 24.0 Å². The molecule has 1 aliphatic heterocycles. The van der Waals surface area contributed by atoms with Crippen LogP contribution in [0.25, 0.3) is 6.08 Å². The number of benzene rings is 1. The number of ether oxygens (including phenoxy) is 3. The molecule has 1 heterocycles. The zero-order valence-electron chi connectivity index (χ0n) is 15.7. The zero-order valence-corrected chi connectivity index (χ0v) is 15.7. The number of rotatable bonds is 9. The number of nitrogens with one attached hydrogen (secondary N) is 1. The number of carbonyl (C=O) groups is 3. The molecule has 3 amide bonds. The highest BCUT2D eigenvalue weighted by molar-refractivity contribution is 6.14. The molecule has 0 spiro atoms. The van der Waals surface area contributed by atoms with E-state index >= 15 is 0 Å². The van der Waals surface area contributed by atoms with Crippen LogP contribution in [0.1, 0.15) is 31.7 Å². The molecule has 8 nitrogen and oxygen atoms in total. The van der Waals surface area contributed by atoms with Crippen LogP contribution < -0.4 is 14.8 Å². The number of carbonyl (C=O) groups excluding carboxylic acids is 3. The van der Waals surface area contributed by atoms with E-state index < -0.39 is 17.9 Å². The Labute approximate surface area is 158 Å². The molecule has 27 heavy (non-hydrogen) atoms. The first-order valence-corrected chi connectivity index (χ1v) is 8.72. The Hall–Kier alpha value is -3.03. The quantitative estimate of drug-likeness (QED) is 0.308. The molecule has 0 radical (unpaired) electrons. The molecule has 1 fully saturated rings. The van der Waals surface area contributed by atoms with Gasteiger partial charge >= 0.3 is 12.0 Å². The summed E-state index contributed by atoms with van der Waals surface area (Å²) >= 11 is 0. The first-order chi connectivity index (χ1) is 13.0. The lowest BCUT2D eigenvalue weighted by Crippen LogP contribution is -2.33. The predicted molar refractivity (Wildman–Crippen MR) is 98.3 cm³/mol. The van der Waals surface area contributed by atoms with Crippen molar-refractivity contribution in [2.24, 2.45) is 0 Å². The zero-order chi connectivity index (χ0) is 19.8. The van der Waals surface area contributed by atoms with E-state index in [2.05, 4.69) is 17.0 Å². The van der Waals surface area contributed by atoms with Gasteiger partial charge in [0.15, 0.2) is 11.5 Å². The molecule has 1 N–H and O–H groups in total. The summed E-state index contributed by atoms with van der Waals surface area (Å²) in [7, 11) is 2.79. The van der Waals surface area contributed by atoms with Crippen molar-refractivity contribution in [2.75, 3.05) is 27.4 Å². The summed E-state index contributed by atoms with van der Waals surface area (Å²) in [6.07, 6.45) is 3.47. The molecule has 0 unspecified atom stereocenters. The third-order valence-corrected chi connectivity index (χ3v) is 3.98. The molecule has 0 saturated carbocycles. The molecule has 0 aliphatic carbocycles. The minimum Gasteiger partial charge on any atom is -0.493 e.